The average Bonchev–Trinajstić information content (AvgIpc) is 2.43. The van der Waals surface area contributed by atoms with E-state index in [0.29, 0.717) is 6.61 Å². The minimum absolute atomic E-state index is 0.00940. The van der Waals surface area contributed by atoms with Crippen LogP contribution in [0.5, 0.6) is 0 Å². The van der Waals surface area contributed by atoms with E-state index in [1.54, 1.807) is 12.1 Å². The van der Waals surface area contributed by atoms with Crippen LogP contribution in [0.3, 0.4) is 0 Å². The third-order valence-electron chi connectivity index (χ3n) is 2.75. The summed E-state index contributed by atoms with van der Waals surface area (Å²) in [7, 11) is 0. The Kier molecular flexibility index (Phi) is 5.78. The van der Waals surface area contributed by atoms with Gasteiger partial charge in [0, 0.05) is 8.90 Å². The number of halogens is 3. The third-order valence-corrected chi connectivity index (χ3v) is 4.08. The van der Waals surface area contributed by atoms with E-state index < -0.39 is 0 Å². The Labute approximate surface area is 134 Å². The highest BCUT2D eigenvalue weighted by molar-refractivity contribution is 14.1. The van der Waals surface area contributed by atoms with Crippen molar-refractivity contribution in [2.45, 2.75) is 12.7 Å². The highest BCUT2D eigenvalue weighted by Crippen LogP contribution is 2.22. The van der Waals surface area contributed by atoms with Gasteiger partial charge in [-0.15, -0.1) is 0 Å². The van der Waals surface area contributed by atoms with Crippen LogP contribution in [0.25, 0.3) is 0 Å². The molecule has 100 valence electrons. The SMILES string of the molecule is Fc1ccc(C(CI)OCc2ccc(Br)cc2)cc1. The van der Waals surface area contributed by atoms with Gasteiger partial charge in [-0.25, -0.2) is 4.39 Å². The van der Waals surface area contributed by atoms with E-state index in [0.717, 1.165) is 20.0 Å². The minimum Gasteiger partial charge on any atom is -0.368 e. The van der Waals surface area contributed by atoms with E-state index >= 15 is 0 Å². The molecule has 1 nitrogen and oxygen atoms in total. The van der Waals surface area contributed by atoms with Gasteiger partial charge in [-0.1, -0.05) is 62.8 Å². The molecule has 0 aliphatic heterocycles. The number of ether oxygens (including phenoxy) is 1. The van der Waals surface area contributed by atoms with Crippen LogP contribution in [0.2, 0.25) is 0 Å². The summed E-state index contributed by atoms with van der Waals surface area (Å²) in [5.41, 5.74) is 2.13. The first-order valence-electron chi connectivity index (χ1n) is 5.86. The number of alkyl halides is 1. The Morgan fingerprint density at radius 1 is 1.05 bits per heavy atom. The number of hydrogen-bond donors (Lipinski definition) is 0. The molecule has 0 heterocycles. The molecule has 0 radical (unpaired) electrons. The van der Waals surface area contributed by atoms with Gasteiger partial charge in [0.2, 0.25) is 0 Å². The average molecular weight is 435 g/mol. The number of benzene rings is 2. The van der Waals surface area contributed by atoms with Gasteiger partial charge in [0.05, 0.1) is 12.7 Å². The Bertz CT molecular complexity index is 513. The van der Waals surface area contributed by atoms with E-state index in [-0.39, 0.29) is 11.9 Å². The Hall–Kier alpha value is -0.460. The summed E-state index contributed by atoms with van der Waals surface area (Å²) >= 11 is 5.69. The summed E-state index contributed by atoms with van der Waals surface area (Å²) in [5, 5.41) is 0. The van der Waals surface area contributed by atoms with Crippen molar-refractivity contribution in [1.82, 2.24) is 0 Å². The second kappa shape index (κ2) is 7.36. The molecular formula is C15H13BrFIO. The van der Waals surface area contributed by atoms with Gasteiger partial charge in [0.15, 0.2) is 0 Å². The van der Waals surface area contributed by atoms with Crippen molar-refractivity contribution in [2.24, 2.45) is 0 Å². The van der Waals surface area contributed by atoms with Crippen molar-refractivity contribution in [3.63, 3.8) is 0 Å². The van der Waals surface area contributed by atoms with Crippen LogP contribution in [0.15, 0.2) is 53.0 Å². The monoisotopic (exact) mass is 434 g/mol. The lowest BCUT2D eigenvalue weighted by atomic mass is 10.1. The van der Waals surface area contributed by atoms with Crippen LogP contribution in [-0.2, 0) is 11.3 Å². The fourth-order valence-electron chi connectivity index (χ4n) is 1.68. The van der Waals surface area contributed by atoms with Gasteiger partial charge < -0.3 is 4.74 Å². The largest absolute Gasteiger partial charge is 0.368 e. The molecule has 0 aliphatic rings. The van der Waals surface area contributed by atoms with Crippen LogP contribution in [0, 0.1) is 5.82 Å². The van der Waals surface area contributed by atoms with Crippen molar-refractivity contribution >= 4 is 38.5 Å². The molecule has 0 saturated carbocycles. The molecule has 2 aromatic carbocycles. The van der Waals surface area contributed by atoms with Crippen molar-refractivity contribution in [3.05, 3.63) is 69.9 Å². The molecular weight excluding hydrogens is 422 g/mol. The van der Waals surface area contributed by atoms with Gasteiger partial charge in [-0.05, 0) is 35.4 Å². The Balaban J connectivity index is 1.99. The number of hydrogen-bond acceptors (Lipinski definition) is 1. The first-order chi connectivity index (χ1) is 9.19. The predicted octanol–water partition coefficient (Wildman–Crippen LogP) is 5.28. The Morgan fingerprint density at radius 2 is 1.68 bits per heavy atom. The molecule has 0 aromatic heterocycles. The van der Waals surface area contributed by atoms with E-state index in [2.05, 4.69) is 38.5 Å². The van der Waals surface area contributed by atoms with Crippen LogP contribution < -0.4 is 0 Å². The van der Waals surface area contributed by atoms with Crippen molar-refractivity contribution in [2.75, 3.05) is 4.43 Å². The van der Waals surface area contributed by atoms with E-state index in [1.807, 2.05) is 24.3 Å². The molecule has 0 amide bonds. The lowest BCUT2D eigenvalue weighted by Crippen LogP contribution is -2.06. The molecule has 0 bridgehead atoms. The second-order valence-electron chi connectivity index (χ2n) is 4.13. The fourth-order valence-corrected chi connectivity index (χ4v) is 2.71. The molecule has 1 unspecified atom stereocenters. The van der Waals surface area contributed by atoms with Crippen molar-refractivity contribution < 1.29 is 9.13 Å². The normalized spacial score (nSPS) is 12.4. The highest BCUT2D eigenvalue weighted by Gasteiger charge is 2.10. The summed E-state index contributed by atoms with van der Waals surface area (Å²) in [6.45, 7) is 0.554. The van der Waals surface area contributed by atoms with Gasteiger partial charge in [-0.2, -0.15) is 0 Å². The van der Waals surface area contributed by atoms with Crippen molar-refractivity contribution in [3.8, 4) is 0 Å². The lowest BCUT2D eigenvalue weighted by Gasteiger charge is -2.16. The number of rotatable bonds is 5. The molecule has 0 spiro atoms. The Morgan fingerprint density at radius 3 is 2.26 bits per heavy atom. The van der Waals surface area contributed by atoms with E-state index in [4.69, 9.17) is 4.74 Å². The van der Waals surface area contributed by atoms with Crippen molar-refractivity contribution in [1.29, 1.82) is 0 Å². The first-order valence-corrected chi connectivity index (χ1v) is 8.18. The summed E-state index contributed by atoms with van der Waals surface area (Å²) in [6, 6.07) is 14.5. The summed E-state index contributed by atoms with van der Waals surface area (Å²) < 4.78 is 20.7. The zero-order valence-corrected chi connectivity index (χ0v) is 13.9. The van der Waals surface area contributed by atoms with E-state index in [9.17, 15) is 4.39 Å². The molecule has 0 aliphatic carbocycles. The van der Waals surface area contributed by atoms with Gasteiger partial charge in [0.25, 0.3) is 0 Å². The van der Waals surface area contributed by atoms with Gasteiger partial charge in [-0.3, -0.25) is 0 Å². The third kappa shape index (κ3) is 4.54. The maximum absolute atomic E-state index is 12.9. The quantitative estimate of drug-likeness (QED) is 0.459. The summed E-state index contributed by atoms with van der Waals surface area (Å²) in [6.07, 6.45) is -0.00940. The predicted molar refractivity (Wildman–Crippen MR) is 87.0 cm³/mol. The zero-order chi connectivity index (χ0) is 13.7. The maximum atomic E-state index is 12.9. The van der Waals surface area contributed by atoms with Gasteiger partial charge >= 0.3 is 0 Å². The van der Waals surface area contributed by atoms with Gasteiger partial charge in [0.1, 0.15) is 5.82 Å². The maximum Gasteiger partial charge on any atom is 0.123 e. The van der Waals surface area contributed by atoms with Crippen LogP contribution in [0.1, 0.15) is 17.2 Å². The van der Waals surface area contributed by atoms with E-state index in [1.165, 1.54) is 12.1 Å². The highest BCUT2D eigenvalue weighted by atomic mass is 127. The first kappa shape index (κ1) is 14.9. The molecule has 19 heavy (non-hydrogen) atoms. The van der Waals surface area contributed by atoms with Crippen LogP contribution in [-0.4, -0.2) is 4.43 Å². The molecule has 0 N–H and O–H groups in total. The standard InChI is InChI=1S/C15H13BrFIO/c16-13-5-1-11(2-6-13)10-19-15(9-18)12-3-7-14(17)8-4-12/h1-8,15H,9-10H2. The summed E-state index contributed by atoms with van der Waals surface area (Å²) in [5.74, 6) is -0.219. The van der Waals surface area contributed by atoms with Crippen LogP contribution >= 0.6 is 38.5 Å². The smallest absolute Gasteiger partial charge is 0.123 e. The topological polar surface area (TPSA) is 9.23 Å². The molecule has 0 fully saturated rings. The van der Waals surface area contributed by atoms with Crippen LogP contribution in [0.4, 0.5) is 4.39 Å². The molecule has 2 rings (SSSR count). The molecule has 4 heteroatoms. The lowest BCUT2D eigenvalue weighted by molar-refractivity contribution is 0.0577. The second-order valence-corrected chi connectivity index (χ2v) is 5.93. The zero-order valence-electron chi connectivity index (χ0n) is 10.2. The molecule has 0 saturated heterocycles. The minimum atomic E-state index is -0.219. The molecule has 2 aromatic rings. The summed E-state index contributed by atoms with van der Waals surface area (Å²) in [4.78, 5) is 0. The fraction of sp³-hybridized carbons (Fsp3) is 0.200. The molecule has 1 atom stereocenters.